The highest BCUT2D eigenvalue weighted by Gasteiger charge is 2.16. The van der Waals surface area contributed by atoms with Crippen molar-refractivity contribution in [3.8, 4) is 11.3 Å². The van der Waals surface area contributed by atoms with E-state index in [2.05, 4.69) is 46.6 Å². The van der Waals surface area contributed by atoms with Crippen molar-refractivity contribution in [1.29, 1.82) is 0 Å². The molecule has 0 fully saturated rings. The number of amides is 1. The molecule has 8 heteroatoms. The van der Waals surface area contributed by atoms with Gasteiger partial charge in [-0.25, -0.2) is 9.97 Å². The maximum absolute atomic E-state index is 12.3. The van der Waals surface area contributed by atoms with E-state index >= 15 is 0 Å². The number of fused-ring (bicyclic) bond motifs is 3. The van der Waals surface area contributed by atoms with Crippen LogP contribution in [0, 0.1) is 5.92 Å². The Hall–Kier alpha value is -3.39. The Morgan fingerprint density at radius 2 is 2.10 bits per heavy atom. The Labute approximate surface area is 181 Å². The third kappa shape index (κ3) is 4.11. The molecule has 0 saturated carbocycles. The van der Waals surface area contributed by atoms with Crippen molar-refractivity contribution in [1.82, 2.24) is 24.8 Å². The van der Waals surface area contributed by atoms with E-state index in [1.807, 2.05) is 36.9 Å². The molecule has 3 aromatic heterocycles. The fourth-order valence-corrected chi connectivity index (χ4v) is 3.91. The minimum absolute atomic E-state index is 0.118. The molecule has 0 saturated heterocycles. The monoisotopic (exact) mass is 419 g/mol. The number of benzene rings is 1. The predicted molar refractivity (Wildman–Crippen MR) is 125 cm³/mol. The number of nitrogens with two attached hydrogens (primary N) is 1. The number of carbonyl (C=O) groups is 1. The van der Waals surface area contributed by atoms with E-state index in [1.54, 1.807) is 6.33 Å². The Balaban J connectivity index is 1.61. The second kappa shape index (κ2) is 8.39. The first-order valence-corrected chi connectivity index (χ1v) is 10.5. The summed E-state index contributed by atoms with van der Waals surface area (Å²) in [5.41, 5.74) is 11.7. The number of H-pyrrole nitrogens is 1. The number of hydrogen-bond donors (Lipinski definition) is 4. The zero-order chi connectivity index (χ0) is 22.1. The summed E-state index contributed by atoms with van der Waals surface area (Å²) in [6.45, 7) is 4.56. The van der Waals surface area contributed by atoms with Gasteiger partial charge in [0.05, 0.1) is 17.9 Å². The SMILES string of the molecule is CNc1nc2[nH]c(-c3cccc(CNC(=O)[C@@H](N)CC(C)C)c3)cc2c2c1ncn2C. The number of rotatable bonds is 7. The molecule has 0 bridgehead atoms. The summed E-state index contributed by atoms with van der Waals surface area (Å²) in [5.74, 6) is 1.01. The largest absolute Gasteiger partial charge is 0.371 e. The van der Waals surface area contributed by atoms with E-state index in [0.29, 0.717) is 18.9 Å². The van der Waals surface area contributed by atoms with Crippen molar-refractivity contribution in [3.63, 3.8) is 0 Å². The summed E-state index contributed by atoms with van der Waals surface area (Å²) < 4.78 is 2.00. The van der Waals surface area contributed by atoms with E-state index in [1.165, 1.54) is 0 Å². The molecule has 4 aromatic rings. The lowest BCUT2D eigenvalue weighted by molar-refractivity contribution is -0.122. The summed E-state index contributed by atoms with van der Waals surface area (Å²) in [6.07, 6.45) is 2.47. The number of nitrogens with zero attached hydrogens (tertiary/aromatic N) is 3. The maximum Gasteiger partial charge on any atom is 0.237 e. The van der Waals surface area contributed by atoms with Gasteiger partial charge in [0.1, 0.15) is 11.2 Å². The van der Waals surface area contributed by atoms with Gasteiger partial charge in [0.25, 0.3) is 0 Å². The van der Waals surface area contributed by atoms with Crippen molar-refractivity contribution in [3.05, 3.63) is 42.2 Å². The molecule has 5 N–H and O–H groups in total. The van der Waals surface area contributed by atoms with E-state index in [0.717, 1.165) is 44.7 Å². The van der Waals surface area contributed by atoms with Crippen LogP contribution in [0.15, 0.2) is 36.7 Å². The van der Waals surface area contributed by atoms with Crippen LogP contribution in [0.3, 0.4) is 0 Å². The van der Waals surface area contributed by atoms with Crippen LogP contribution >= 0.6 is 0 Å². The van der Waals surface area contributed by atoms with Gasteiger partial charge in [0, 0.05) is 31.7 Å². The minimum Gasteiger partial charge on any atom is -0.371 e. The Morgan fingerprint density at radius 1 is 1.29 bits per heavy atom. The lowest BCUT2D eigenvalue weighted by Gasteiger charge is -2.14. The third-order valence-electron chi connectivity index (χ3n) is 5.44. The second-order valence-electron chi connectivity index (χ2n) is 8.36. The molecule has 0 aliphatic rings. The molecule has 1 aromatic carbocycles. The second-order valence-corrected chi connectivity index (χ2v) is 8.36. The predicted octanol–water partition coefficient (Wildman–Crippen LogP) is 3.15. The molecule has 4 rings (SSSR count). The fourth-order valence-electron chi connectivity index (χ4n) is 3.91. The van der Waals surface area contributed by atoms with Crippen LogP contribution in [0.25, 0.3) is 33.3 Å². The molecule has 0 spiro atoms. The normalized spacial score (nSPS) is 12.6. The zero-order valence-electron chi connectivity index (χ0n) is 18.4. The number of pyridine rings is 1. The number of aromatic nitrogens is 4. The molecule has 0 aliphatic carbocycles. The molecule has 8 nitrogen and oxygen atoms in total. The van der Waals surface area contributed by atoms with Crippen LogP contribution in [0.4, 0.5) is 5.82 Å². The number of anilines is 1. The summed E-state index contributed by atoms with van der Waals surface area (Å²) in [5, 5.41) is 7.09. The molecule has 0 radical (unpaired) electrons. The van der Waals surface area contributed by atoms with Crippen molar-refractivity contribution in [2.75, 3.05) is 12.4 Å². The number of imidazole rings is 1. The first kappa shape index (κ1) is 20.9. The minimum atomic E-state index is -0.481. The fraction of sp³-hybridized carbons (Fsp3) is 0.348. The molecule has 31 heavy (non-hydrogen) atoms. The first-order chi connectivity index (χ1) is 14.9. The van der Waals surface area contributed by atoms with Gasteiger partial charge in [-0.1, -0.05) is 32.0 Å². The summed E-state index contributed by atoms with van der Waals surface area (Å²) >= 11 is 0. The van der Waals surface area contributed by atoms with Crippen LogP contribution in [-0.4, -0.2) is 38.5 Å². The topological polar surface area (TPSA) is 114 Å². The third-order valence-corrected chi connectivity index (χ3v) is 5.44. The van der Waals surface area contributed by atoms with E-state index in [9.17, 15) is 4.79 Å². The van der Waals surface area contributed by atoms with Gasteiger partial charge in [0.15, 0.2) is 5.82 Å². The molecule has 0 aliphatic heterocycles. The summed E-state index contributed by atoms with van der Waals surface area (Å²) in [7, 11) is 3.82. The van der Waals surface area contributed by atoms with E-state index in [4.69, 9.17) is 10.7 Å². The number of aromatic amines is 1. The van der Waals surface area contributed by atoms with Gasteiger partial charge in [-0.3, -0.25) is 4.79 Å². The van der Waals surface area contributed by atoms with E-state index < -0.39 is 6.04 Å². The lowest BCUT2D eigenvalue weighted by atomic mass is 10.0. The van der Waals surface area contributed by atoms with E-state index in [-0.39, 0.29) is 5.91 Å². The number of carbonyl (C=O) groups excluding carboxylic acids is 1. The molecule has 1 atom stereocenters. The van der Waals surface area contributed by atoms with Gasteiger partial charge < -0.3 is 25.9 Å². The maximum atomic E-state index is 12.3. The van der Waals surface area contributed by atoms with Gasteiger partial charge in [-0.05, 0) is 35.6 Å². The van der Waals surface area contributed by atoms with Crippen molar-refractivity contribution in [2.45, 2.75) is 32.9 Å². The van der Waals surface area contributed by atoms with Crippen molar-refractivity contribution >= 4 is 33.8 Å². The number of nitrogens with one attached hydrogen (secondary N) is 3. The van der Waals surface area contributed by atoms with Crippen LogP contribution in [0.2, 0.25) is 0 Å². The summed E-state index contributed by atoms with van der Waals surface area (Å²) in [4.78, 5) is 24.9. The van der Waals surface area contributed by atoms with Crippen LogP contribution in [0.1, 0.15) is 25.8 Å². The van der Waals surface area contributed by atoms with Crippen molar-refractivity contribution in [2.24, 2.45) is 18.7 Å². The molecule has 3 heterocycles. The average Bonchev–Trinajstić information content (AvgIpc) is 3.34. The Bertz CT molecular complexity index is 1240. The van der Waals surface area contributed by atoms with Crippen LogP contribution in [-0.2, 0) is 18.4 Å². The van der Waals surface area contributed by atoms with Crippen LogP contribution in [0.5, 0.6) is 0 Å². The highest BCUT2D eigenvalue weighted by Crippen LogP contribution is 2.31. The smallest absolute Gasteiger partial charge is 0.237 e. The molecule has 162 valence electrons. The zero-order valence-corrected chi connectivity index (χ0v) is 18.4. The number of aryl methyl sites for hydroxylation is 1. The Morgan fingerprint density at radius 3 is 2.84 bits per heavy atom. The number of hydrogen-bond acceptors (Lipinski definition) is 5. The highest BCUT2D eigenvalue weighted by molar-refractivity contribution is 6.07. The molecule has 0 unspecified atom stereocenters. The average molecular weight is 420 g/mol. The molecule has 1 amide bonds. The lowest BCUT2D eigenvalue weighted by Crippen LogP contribution is -2.41. The molecular formula is C23H29N7O. The molecular weight excluding hydrogens is 390 g/mol. The Kier molecular flexibility index (Phi) is 5.65. The summed E-state index contributed by atoms with van der Waals surface area (Å²) in [6, 6.07) is 9.71. The van der Waals surface area contributed by atoms with Gasteiger partial charge >= 0.3 is 0 Å². The first-order valence-electron chi connectivity index (χ1n) is 10.5. The van der Waals surface area contributed by atoms with Crippen LogP contribution < -0.4 is 16.4 Å². The standard InChI is InChI=1S/C23H29N7O/c1-13(2)8-17(24)23(31)26-11-14-6-5-7-15(9-14)18-10-16-20-19(27-12-30(20)4)22(25-3)29-21(16)28-18/h5-7,9-10,12-13,17H,8,11,24H2,1-4H3,(H,26,31)(H2,25,28,29)/t17-/m0/s1. The van der Waals surface area contributed by atoms with Crippen molar-refractivity contribution < 1.29 is 4.79 Å². The quantitative estimate of drug-likeness (QED) is 0.367. The van der Waals surface area contributed by atoms with Gasteiger partial charge in [-0.2, -0.15) is 0 Å². The van der Waals surface area contributed by atoms with Gasteiger partial charge in [0.2, 0.25) is 5.91 Å². The highest BCUT2D eigenvalue weighted by atomic mass is 16.2. The van der Waals surface area contributed by atoms with Gasteiger partial charge in [-0.15, -0.1) is 0 Å².